The maximum Gasteiger partial charge on any atom is 0.268 e. The van der Waals surface area contributed by atoms with Crippen LogP contribution in [-0.2, 0) is 26.5 Å². The molecule has 1 aliphatic rings. The van der Waals surface area contributed by atoms with Crippen LogP contribution in [0.2, 0.25) is 19.6 Å². The van der Waals surface area contributed by atoms with Gasteiger partial charge in [0.2, 0.25) is 0 Å². The summed E-state index contributed by atoms with van der Waals surface area (Å²) in [5, 5.41) is 2.91. The van der Waals surface area contributed by atoms with Crippen LogP contribution < -0.4 is 9.49 Å². The molecule has 0 unspecified atom stereocenters. The average Bonchev–Trinajstić information content (AvgIpc) is 3.47. The quantitative estimate of drug-likeness (QED) is 0.238. The summed E-state index contributed by atoms with van der Waals surface area (Å²) < 4.78 is 59.3. The van der Waals surface area contributed by atoms with Gasteiger partial charge in [-0.1, -0.05) is 73.2 Å². The lowest BCUT2D eigenvalue weighted by molar-refractivity contribution is 0.590. The molecule has 6 nitrogen and oxygen atoms in total. The van der Waals surface area contributed by atoms with Gasteiger partial charge >= 0.3 is 0 Å². The Hall–Kier alpha value is -3.40. The third kappa shape index (κ3) is 4.02. The Bertz CT molecular complexity index is 2020. The first kappa shape index (κ1) is 26.8. The van der Waals surface area contributed by atoms with Crippen molar-refractivity contribution in [1.82, 2.24) is 3.97 Å². The van der Waals surface area contributed by atoms with Gasteiger partial charge in [0.15, 0.2) is 0 Å². The Kier molecular flexibility index (Phi) is 6.07. The van der Waals surface area contributed by atoms with Crippen molar-refractivity contribution in [3.63, 3.8) is 0 Å². The molecule has 6 rings (SSSR count). The molecule has 0 spiro atoms. The fourth-order valence-electron chi connectivity index (χ4n) is 5.92. The predicted molar refractivity (Wildman–Crippen MR) is 166 cm³/mol. The summed E-state index contributed by atoms with van der Waals surface area (Å²) >= 11 is 0. The molecule has 0 saturated carbocycles. The number of aryl methyl sites for hydroxylation is 2. The van der Waals surface area contributed by atoms with Crippen molar-refractivity contribution in [1.29, 1.82) is 0 Å². The molecule has 0 saturated heterocycles. The highest BCUT2D eigenvalue weighted by molar-refractivity contribution is 7.93. The van der Waals surface area contributed by atoms with Crippen LogP contribution in [0.25, 0.3) is 21.8 Å². The second kappa shape index (κ2) is 9.05. The van der Waals surface area contributed by atoms with Crippen molar-refractivity contribution in [3.8, 4) is 0 Å². The smallest absolute Gasteiger partial charge is 0.266 e. The monoisotopic (exact) mass is 588 g/mol. The summed E-state index contributed by atoms with van der Waals surface area (Å²) in [6, 6.07) is 23.1. The number of anilines is 1. The summed E-state index contributed by atoms with van der Waals surface area (Å²) in [7, 11) is -9.95. The van der Waals surface area contributed by atoms with Crippen molar-refractivity contribution in [2.75, 3.05) is 10.8 Å². The van der Waals surface area contributed by atoms with Crippen molar-refractivity contribution >= 4 is 60.8 Å². The van der Waals surface area contributed by atoms with E-state index in [1.165, 1.54) is 8.28 Å². The number of sulfonamides is 1. The third-order valence-corrected chi connectivity index (χ3v) is 13.4. The zero-order valence-corrected chi connectivity index (χ0v) is 25.9. The molecule has 9 heteroatoms. The molecule has 0 atom stereocenters. The lowest BCUT2D eigenvalue weighted by Crippen LogP contribution is -2.40. The Labute approximate surface area is 237 Å². The van der Waals surface area contributed by atoms with Gasteiger partial charge < -0.3 is 0 Å². The molecule has 206 valence electrons. The van der Waals surface area contributed by atoms with Crippen molar-refractivity contribution < 1.29 is 16.8 Å². The van der Waals surface area contributed by atoms with Gasteiger partial charge in [0.25, 0.3) is 20.0 Å². The summed E-state index contributed by atoms with van der Waals surface area (Å²) in [6.07, 6.45) is 0.584. The molecule has 0 fully saturated rings. The van der Waals surface area contributed by atoms with Crippen LogP contribution in [0.1, 0.15) is 16.7 Å². The molecule has 2 heterocycles. The van der Waals surface area contributed by atoms with Crippen LogP contribution in [0.4, 0.5) is 5.69 Å². The normalized spacial score (nSPS) is 14.3. The van der Waals surface area contributed by atoms with Crippen LogP contribution in [0.15, 0.2) is 88.7 Å². The van der Waals surface area contributed by atoms with E-state index in [1.807, 2.05) is 38.1 Å². The van der Waals surface area contributed by atoms with Gasteiger partial charge in [-0.3, -0.25) is 4.31 Å². The lowest BCUT2D eigenvalue weighted by atomic mass is 10.1. The van der Waals surface area contributed by atoms with Gasteiger partial charge in [0, 0.05) is 17.3 Å². The van der Waals surface area contributed by atoms with E-state index in [-0.39, 0.29) is 9.79 Å². The molecule has 1 aliphatic heterocycles. The largest absolute Gasteiger partial charge is 0.268 e. The molecule has 0 N–H and O–H groups in total. The van der Waals surface area contributed by atoms with Crippen LogP contribution >= 0.6 is 0 Å². The van der Waals surface area contributed by atoms with E-state index in [2.05, 4.69) is 19.6 Å². The third-order valence-electron chi connectivity index (χ3n) is 7.75. The maximum absolute atomic E-state index is 14.3. The number of fused-ring (bicyclic) bond motifs is 4. The minimum Gasteiger partial charge on any atom is -0.266 e. The molecular weight excluding hydrogens is 557 g/mol. The minimum absolute atomic E-state index is 0.194. The number of aromatic nitrogens is 1. The Balaban J connectivity index is 1.72. The number of hydrogen-bond acceptors (Lipinski definition) is 4. The number of benzene rings is 4. The van der Waals surface area contributed by atoms with E-state index in [4.69, 9.17) is 0 Å². The predicted octanol–water partition coefficient (Wildman–Crippen LogP) is 5.94. The van der Waals surface area contributed by atoms with E-state index < -0.39 is 28.1 Å². The first-order chi connectivity index (χ1) is 18.8. The second-order valence-corrected chi connectivity index (χ2v) is 20.3. The lowest BCUT2D eigenvalue weighted by Gasteiger charge is -2.25. The highest BCUT2D eigenvalue weighted by atomic mass is 32.2. The molecular formula is C31H32N2O4S2Si. The van der Waals surface area contributed by atoms with Gasteiger partial charge in [0.1, 0.15) is 0 Å². The van der Waals surface area contributed by atoms with E-state index in [0.29, 0.717) is 29.7 Å². The summed E-state index contributed by atoms with van der Waals surface area (Å²) in [6.45, 7) is 10.9. The van der Waals surface area contributed by atoms with Gasteiger partial charge in [-0.05, 0) is 67.4 Å². The molecule has 40 heavy (non-hydrogen) atoms. The number of para-hydroxylation sites is 1. The maximum atomic E-state index is 14.3. The van der Waals surface area contributed by atoms with Crippen LogP contribution in [-0.4, -0.2) is 35.4 Å². The van der Waals surface area contributed by atoms with Crippen molar-refractivity contribution in [2.45, 2.75) is 49.7 Å². The molecule has 5 aromatic rings. The van der Waals surface area contributed by atoms with E-state index in [1.54, 1.807) is 54.6 Å². The Morgan fingerprint density at radius 3 is 1.82 bits per heavy atom. The standard InChI is InChI=1S/C31H32N2O4S2Si/c1-21-10-14-23(15-11-21)38(34,35)32-19-18-26-28(32)20-29-30(31(26)40(3,4)5)25-8-6-7-9-27(25)33(29)39(36,37)24-16-12-22(2)13-17-24/h6-17,20H,18-19H2,1-5H3. The van der Waals surface area contributed by atoms with E-state index in [9.17, 15) is 16.8 Å². The highest BCUT2D eigenvalue weighted by Gasteiger charge is 2.38. The average molecular weight is 589 g/mol. The molecule has 0 bridgehead atoms. The van der Waals surface area contributed by atoms with E-state index in [0.717, 1.165) is 32.6 Å². The zero-order chi connectivity index (χ0) is 28.6. The fraction of sp³-hybridized carbons (Fsp3) is 0.226. The van der Waals surface area contributed by atoms with Crippen LogP contribution in [0.5, 0.6) is 0 Å². The fourth-order valence-corrected chi connectivity index (χ4v) is 11.1. The SMILES string of the molecule is Cc1ccc(S(=O)(=O)N2CCc3c2cc2c(c3[Si](C)(C)C)c3ccccc3n2S(=O)(=O)c2ccc(C)cc2)cc1. The molecule has 0 radical (unpaired) electrons. The molecule has 0 amide bonds. The van der Waals surface area contributed by atoms with Gasteiger partial charge in [-0.15, -0.1) is 0 Å². The van der Waals surface area contributed by atoms with E-state index >= 15 is 0 Å². The first-order valence-electron chi connectivity index (χ1n) is 13.3. The minimum atomic E-state index is -3.99. The van der Waals surface area contributed by atoms with Crippen LogP contribution in [0, 0.1) is 13.8 Å². The number of rotatable bonds is 5. The zero-order valence-electron chi connectivity index (χ0n) is 23.3. The van der Waals surface area contributed by atoms with Gasteiger partial charge in [-0.2, -0.15) is 0 Å². The number of hydrogen-bond donors (Lipinski definition) is 0. The van der Waals surface area contributed by atoms with Crippen LogP contribution in [0.3, 0.4) is 0 Å². The summed E-state index contributed by atoms with van der Waals surface area (Å²) in [5.41, 5.74) is 4.65. The van der Waals surface area contributed by atoms with Gasteiger partial charge in [-0.25, -0.2) is 20.8 Å². The molecule has 0 aliphatic carbocycles. The van der Waals surface area contributed by atoms with Gasteiger partial charge in [0.05, 0.1) is 34.6 Å². The number of nitrogens with zero attached hydrogens (tertiary/aromatic N) is 2. The Morgan fingerprint density at radius 1 is 0.700 bits per heavy atom. The summed E-state index contributed by atoms with van der Waals surface area (Å²) in [4.78, 5) is 0.424. The van der Waals surface area contributed by atoms with Crippen molar-refractivity contribution in [2.24, 2.45) is 0 Å². The molecule has 4 aromatic carbocycles. The molecule has 1 aromatic heterocycles. The topological polar surface area (TPSA) is 76.5 Å². The first-order valence-corrected chi connectivity index (χ1v) is 19.7. The highest BCUT2D eigenvalue weighted by Crippen LogP contribution is 2.41. The Morgan fingerprint density at radius 2 is 1.25 bits per heavy atom. The second-order valence-electron chi connectivity index (χ2n) is 11.6. The summed E-state index contributed by atoms with van der Waals surface area (Å²) in [5.74, 6) is 0. The van der Waals surface area contributed by atoms with Crippen molar-refractivity contribution in [3.05, 3.63) is 95.6 Å².